The van der Waals surface area contributed by atoms with Gasteiger partial charge in [0.25, 0.3) is 0 Å². The molecule has 0 N–H and O–H groups in total. The first kappa shape index (κ1) is 61.9. The normalized spacial score (nSPS) is 16.7. The van der Waals surface area contributed by atoms with Crippen LogP contribution in [0.3, 0.4) is 0 Å². The van der Waals surface area contributed by atoms with E-state index in [0.29, 0.717) is 0 Å². The number of rotatable bonds is 16. The van der Waals surface area contributed by atoms with Gasteiger partial charge in [0.05, 0.1) is 0 Å². The molecule has 0 saturated carbocycles. The zero-order valence-electron chi connectivity index (χ0n) is 26.0. The molecule has 0 amide bonds. The number of halogens is 38. The van der Waals surface area contributed by atoms with Crippen molar-refractivity contribution in [2.45, 2.75) is 99.2 Å². The van der Waals surface area contributed by atoms with Crippen molar-refractivity contribution in [2.75, 3.05) is 0 Å². The molecule has 0 aromatic carbocycles. The van der Waals surface area contributed by atoms with E-state index in [1.165, 1.54) is 0 Å². The van der Waals surface area contributed by atoms with Crippen LogP contribution in [0.25, 0.3) is 0 Å². The van der Waals surface area contributed by atoms with Crippen LogP contribution in [0.1, 0.15) is 0 Å². The monoisotopic (exact) mass is 1190 g/mol. The lowest BCUT2D eigenvalue weighted by atomic mass is 9.88. The van der Waals surface area contributed by atoms with Crippen LogP contribution in [0.4, 0.5) is 123 Å². The van der Waals surface area contributed by atoms with Gasteiger partial charge in [-0.1, -0.05) is 116 Å². The molecular formula is C20Cl10F28O4. The summed E-state index contributed by atoms with van der Waals surface area (Å²) in [5.74, 6) is -133. The quantitative estimate of drug-likeness (QED) is 0.0669. The smallest absolute Gasteiger partial charge is 0.240 e. The molecule has 0 aliphatic carbocycles. The fraction of sp³-hybridized carbons (Fsp3) is 0.900. The summed E-state index contributed by atoms with van der Waals surface area (Å²) in [6.45, 7) is 0. The third-order valence-corrected chi connectivity index (χ3v) is 11.9. The highest BCUT2D eigenvalue weighted by Crippen LogP contribution is 2.69. The summed E-state index contributed by atoms with van der Waals surface area (Å²) in [6, 6.07) is 0. The highest BCUT2D eigenvalue weighted by atomic mass is 35.6. The molecule has 0 rings (SSSR count). The van der Waals surface area contributed by atoms with Crippen LogP contribution >= 0.6 is 116 Å². The van der Waals surface area contributed by atoms with Gasteiger partial charge in [-0.2, -0.15) is 123 Å². The molecule has 4 nitrogen and oxygen atoms in total. The molecule has 0 aliphatic rings. The second kappa shape index (κ2) is 16.3. The summed E-state index contributed by atoms with van der Waals surface area (Å²) in [4.78, 5) is 25.9. The summed E-state index contributed by atoms with van der Waals surface area (Å²) >= 11 is 45.1. The molecule has 0 radical (unpaired) electrons. The molecule has 0 aromatic heterocycles. The number of alkyl halides is 38. The predicted molar refractivity (Wildman–Crippen MR) is 151 cm³/mol. The molecule has 0 spiro atoms. The number of carbonyl (C=O) groups excluding carboxylic acids is 2. The molecule has 0 atom stereocenters. The maximum absolute atomic E-state index is 14.2. The summed E-state index contributed by atoms with van der Waals surface area (Å²) in [5, 5.41) is 0. The predicted octanol–water partition coefficient (Wildman–Crippen LogP) is 14.0. The first-order valence-electron chi connectivity index (χ1n) is 12.7. The lowest BCUT2D eigenvalue weighted by Crippen LogP contribution is -2.76. The number of hydrogen-bond acceptors (Lipinski definition) is 4. The van der Waals surface area contributed by atoms with Crippen molar-refractivity contribution < 1.29 is 142 Å². The summed E-state index contributed by atoms with van der Waals surface area (Å²) in [7, 11) is 0. The highest BCUT2D eigenvalue weighted by molar-refractivity contribution is 6.76. The first-order valence-corrected chi connectivity index (χ1v) is 16.4. The van der Waals surface area contributed by atoms with Gasteiger partial charge in [0.15, 0.2) is 0 Å². The molecule has 0 heterocycles. The fourth-order valence-electron chi connectivity index (χ4n) is 3.16. The van der Waals surface area contributed by atoms with Crippen molar-refractivity contribution in [2.24, 2.45) is 0 Å². The average Bonchev–Trinajstić information content (AvgIpc) is 3.04. The van der Waals surface area contributed by atoms with Crippen LogP contribution in [0.5, 0.6) is 0 Å². The van der Waals surface area contributed by atoms with Crippen LogP contribution in [0.2, 0.25) is 0 Å². The molecule has 0 unspecified atom stereocenters. The number of hydrogen-bond donors (Lipinski definition) is 0. The van der Waals surface area contributed by atoms with Gasteiger partial charge in [0.2, 0.25) is 16.3 Å². The largest absolute Gasteiger partial charge is 0.431 e. The van der Waals surface area contributed by atoms with Crippen LogP contribution in [-0.2, 0) is 19.4 Å². The van der Waals surface area contributed by atoms with Crippen molar-refractivity contribution in [3.8, 4) is 0 Å². The Morgan fingerprint density at radius 1 is 0.242 bits per heavy atom. The summed E-state index contributed by atoms with van der Waals surface area (Å²) < 4.78 is 374. The standard InChI is InChI=1S/C20Cl10F28O4/c21-5(22,19(25,26)27)9(39,40)13(47,48)17(55,56)15(51,52)11(43,44)7(35,36)3(31,32)1(59)61-62-2(60)4(33,34)8(37,38)12(45,46)16(53,54)18(57,58)14(49,50)10(41,42)6(23,24)20(28,29)30. The molecule has 0 aromatic rings. The van der Waals surface area contributed by atoms with E-state index in [2.05, 4.69) is 116 Å². The maximum atomic E-state index is 14.2. The van der Waals surface area contributed by atoms with E-state index in [-0.39, 0.29) is 0 Å². The molecule has 0 fully saturated rings. The summed E-state index contributed by atoms with van der Waals surface area (Å²) in [6.07, 6.45) is 0. The molecule has 42 heteroatoms. The average molecular weight is 1190 g/mol. The Kier molecular flexibility index (Phi) is 16.2. The lowest BCUT2D eigenvalue weighted by Gasteiger charge is -2.45. The van der Waals surface area contributed by atoms with Gasteiger partial charge in [-0.3, -0.25) is 0 Å². The van der Waals surface area contributed by atoms with Gasteiger partial charge >= 0.3 is 94.9 Å². The van der Waals surface area contributed by atoms with Gasteiger partial charge in [-0.05, 0) is 0 Å². The van der Waals surface area contributed by atoms with Gasteiger partial charge in [-0.15, -0.1) is 0 Å². The van der Waals surface area contributed by atoms with Crippen molar-refractivity contribution in [3.63, 3.8) is 0 Å². The molecule has 0 aliphatic heterocycles. The van der Waals surface area contributed by atoms with E-state index < -0.39 is 111 Å². The second-order valence-corrected chi connectivity index (χ2v) is 18.1. The van der Waals surface area contributed by atoms with Crippen molar-refractivity contribution in [3.05, 3.63) is 0 Å². The Hall–Kier alpha value is -0.120. The van der Waals surface area contributed by atoms with E-state index >= 15 is 0 Å². The zero-order chi connectivity index (χ0) is 51.6. The number of carbonyl (C=O) groups is 2. The third kappa shape index (κ3) is 8.02. The van der Waals surface area contributed by atoms with Gasteiger partial charge in [0, 0.05) is 0 Å². The van der Waals surface area contributed by atoms with E-state index in [4.69, 9.17) is 0 Å². The van der Waals surface area contributed by atoms with Crippen molar-refractivity contribution >= 4 is 128 Å². The van der Waals surface area contributed by atoms with Crippen LogP contribution in [0, 0.1) is 0 Å². The van der Waals surface area contributed by atoms with Gasteiger partial charge < -0.3 is 0 Å². The topological polar surface area (TPSA) is 52.6 Å². The Labute approximate surface area is 368 Å². The molecule has 0 saturated heterocycles. The molecule has 0 bridgehead atoms. The van der Waals surface area contributed by atoms with Crippen molar-refractivity contribution in [1.82, 2.24) is 0 Å². The Balaban J connectivity index is 7.09. The van der Waals surface area contributed by atoms with Crippen LogP contribution < -0.4 is 0 Å². The lowest BCUT2D eigenvalue weighted by molar-refractivity contribution is -0.443. The maximum Gasteiger partial charge on any atom is 0.431 e. The second-order valence-electron chi connectivity index (χ2n) is 10.9. The minimum absolute atomic E-state index is 1.76. The van der Waals surface area contributed by atoms with E-state index in [1.807, 2.05) is 0 Å². The fourth-order valence-corrected chi connectivity index (χ4v) is 4.35. The Morgan fingerprint density at radius 3 is 0.516 bits per heavy atom. The highest BCUT2D eigenvalue weighted by Gasteiger charge is 2.98. The molecule has 370 valence electrons. The SMILES string of the molecule is O=C(OOC(=O)C(F)(F)C(F)(F)C(F)(F)C(F)(F)C(F)(F)C(F)(F)C(F)(F)C(Cl)(Cl)C(Cl)(Cl)Cl)C(F)(F)C(F)(F)C(F)(F)C(F)(F)C(F)(F)C(F)(F)C(F)(F)C(Cl)(Cl)C(Cl)(Cl)Cl. The Morgan fingerprint density at radius 2 is 0.371 bits per heavy atom. The minimum atomic E-state index is -9.25. The van der Waals surface area contributed by atoms with Crippen LogP contribution in [-0.4, -0.2) is 111 Å². The molecular weight excluding hydrogens is 1190 g/mol. The van der Waals surface area contributed by atoms with Crippen LogP contribution in [0.15, 0.2) is 0 Å². The van der Waals surface area contributed by atoms with E-state index in [1.54, 1.807) is 9.78 Å². The zero-order valence-corrected chi connectivity index (χ0v) is 33.6. The Bertz CT molecular complexity index is 1580. The third-order valence-electron chi connectivity index (χ3n) is 6.94. The van der Waals surface area contributed by atoms with Gasteiger partial charge in [0.1, 0.15) is 0 Å². The van der Waals surface area contributed by atoms with E-state index in [0.717, 1.165) is 0 Å². The first-order chi connectivity index (χ1) is 26.0. The summed E-state index contributed by atoms with van der Waals surface area (Å²) in [5.41, 5.74) is 0. The van der Waals surface area contributed by atoms with Gasteiger partial charge in [-0.25, -0.2) is 19.4 Å². The minimum Gasteiger partial charge on any atom is -0.240 e. The van der Waals surface area contributed by atoms with Crippen molar-refractivity contribution in [1.29, 1.82) is 0 Å². The van der Waals surface area contributed by atoms with E-state index in [9.17, 15) is 133 Å². The molecule has 62 heavy (non-hydrogen) atoms.